The van der Waals surface area contributed by atoms with E-state index < -0.39 is 11.6 Å². The number of ether oxygens (including phenoxy) is 1. The normalized spacial score (nSPS) is 13.0. The highest BCUT2D eigenvalue weighted by Crippen LogP contribution is 2.37. The average Bonchev–Trinajstić information content (AvgIpc) is 3.64. The quantitative estimate of drug-likeness (QED) is 0.306. The fraction of sp³-hybridized carbons (Fsp3) is 0.214. The molecule has 1 heterocycles. The fourth-order valence-electron chi connectivity index (χ4n) is 4.08. The molecule has 178 valence electrons. The van der Waals surface area contributed by atoms with E-state index in [1.54, 1.807) is 34.8 Å². The number of nitrogens with zero attached hydrogens (tertiary/aromatic N) is 3. The summed E-state index contributed by atoms with van der Waals surface area (Å²) >= 11 is 0. The van der Waals surface area contributed by atoms with Crippen molar-refractivity contribution < 1.29 is 18.3 Å². The summed E-state index contributed by atoms with van der Waals surface area (Å²) in [6.45, 7) is 0.785. The smallest absolute Gasteiger partial charge is 0.254 e. The molecule has 0 N–H and O–H groups in total. The maximum atomic E-state index is 14.4. The van der Waals surface area contributed by atoms with Crippen molar-refractivity contribution in [2.24, 2.45) is 13.0 Å². The third-order valence-electron chi connectivity index (χ3n) is 6.08. The molecule has 0 spiro atoms. The van der Waals surface area contributed by atoms with Gasteiger partial charge in [0.15, 0.2) is 11.6 Å². The molecule has 0 bridgehead atoms. The molecule has 0 atom stereocenters. The number of halogens is 2. The van der Waals surface area contributed by atoms with E-state index in [0.717, 1.165) is 18.4 Å². The van der Waals surface area contributed by atoms with Gasteiger partial charge in [-0.2, -0.15) is 5.10 Å². The van der Waals surface area contributed by atoms with Crippen LogP contribution in [0.5, 0.6) is 11.6 Å². The van der Waals surface area contributed by atoms with Crippen molar-refractivity contribution in [2.75, 3.05) is 6.54 Å². The van der Waals surface area contributed by atoms with E-state index in [-0.39, 0.29) is 18.2 Å². The Morgan fingerprint density at radius 3 is 2.37 bits per heavy atom. The number of hydrogen-bond acceptors (Lipinski definition) is 3. The molecule has 5 nitrogen and oxygen atoms in total. The molecule has 1 amide bonds. The highest BCUT2D eigenvalue weighted by molar-refractivity contribution is 5.94. The van der Waals surface area contributed by atoms with Crippen molar-refractivity contribution in [3.63, 3.8) is 0 Å². The number of aryl methyl sites for hydroxylation is 1. The zero-order valence-corrected chi connectivity index (χ0v) is 19.3. The van der Waals surface area contributed by atoms with E-state index in [2.05, 4.69) is 5.10 Å². The van der Waals surface area contributed by atoms with Crippen LogP contribution >= 0.6 is 0 Å². The van der Waals surface area contributed by atoms with Crippen LogP contribution in [-0.2, 0) is 13.6 Å². The second-order valence-corrected chi connectivity index (χ2v) is 8.79. The van der Waals surface area contributed by atoms with Gasteiger partial charge in [0.2, 0.25) is 5.88 Å². The summed E-state index contributed by atoms with van der Waals surface area (Å²) in [6.07, 6.45) is 2.12. The number of amides is 1. The minimum Gasteiger partial charge on any atom is -0.436 e. The van der Waals surface area contributed by atoms with Crippen molar-refractivity contribution >= 4 is 5.91 Å². The lowest BCUT2D eigenvalue weighted by Crippen LogP contribution is -2.32. The summed E-state index contributed by atoms with van der Waals surface area (Å²) in [4.78, 5) is 15.2. The third kappa shape index (κ3) is 5.09. The van der Waals surface area contributed by atoms with Crippen LogP contribution in [0, 0.1) is 17.6 Å². The van der Waals surface area contributed by atoms with Crippen molar-refractivity contribution in [1.29, 1.82) is 0 Å². The van der Waals surface area contributed by atoms with Crippen molar-refractivity contribution in [3.05, 3.63) is 102 Å². The van der Waals surface area contributed by atoms with Gasteiger partial charge in [0.25, 0.3) is 5.91 Å². The molecule has 1 aromatic heterocycles. The van der Waals surface area contributed by atoms with Crippen LogP contribution in [0.4, 0.5) is 8.78 Å². The number of rotatable bonds is 8. The first-order chi connectivity index (χ1) is 17.0. The van der Waals surface area contributed by atoms with Gasteiger partial charge in [0.05, 0.1) is 12.1 Å². The average molecular weight is 474 g/mol. The number of benzene rings is 3. The maximum Gasteiger partial charge on any atom is 0.254 e. The van der Waals surface area contributed by atoms with Gasteiger partial charge >= 0.3 is 0 Å². The van der Waals surface area contributed by atoms with Crippen LogP contribution < -0.4 is 4.74 Å². The number of carbonyl (C=O) groups excluding carboxylic acids is 1. The molecule has 1 fully saturated rings. The van der Waals surface area contributed by atoms with Crippen LogP contribution in [0.1, 0.15) is 28.8 Å². The Kier molecular flexibility index (Phi) is 6.31. The first-order valence-electron chi connectivity index (χ1n) is 11.6. The number of aromatic nitrogens is 2. The molecule has 1 aliphatic carbocycles. The number of para-hydroxylation sites is 1. The Hall–Kier alpha value is -4.00. The molecule has 1 aliphatic rings. The summed E-state index contributed by atoms with van der Waals surface area (Å²) in [5.74, 6) is -0.215. The molecule has 1 saturated carbocycles. The van der Waals surface area contributed by atoms with E-state index in [9.17, 15) is 13.6 Å². The van der Waals surface area contributed by atoms with Crippen molar-refractivity contribution in [1.82, 2.24) is 14.7 Å². The molecule has 5 rings (SSSR count). The molecule has 7 heteroatoms. The highest BCUT2D eigenvalue weighted by Gasteiger charge is 2.30. The van der Waals surface area contributed by atoms with Gasteiger partial charge in [-0.25, -0.2) is 13.5 Å². The molecule has 35 heavy (non-hydrogen) atoms. The zero-order valence-electron chi connectivity index (χ0n) is 19.3. The number of hydrogen-bond donors (Lipinski definition) is 0. The first-order valence-corrected chi connectivity index (χ1v) is 11.6. The topological polar surface area (TPSA) is 47.4 Å². The Balaban J connectivity index is 1.56. The largest absolute Gasteiger partial charge is 0.436 e. The number of carbonyl (C=O) groups is 1. The van der Waals surface area contributed by atoms with Gasteiger partial charge in [-0.15, -0.1) is 0 Å². The lowest BCUT2D eigenvalue weighted by molar-refractivity contribution is 0.0734. The molecule has 4 aromatic rings. The summed E-state index contributed by atoms with van der Waals surface area (Å²) in [6, 6.07) is 21.4. The van der Waals surface area contributed by atoms with E-state index in [4.69, 9.17) is 4.74 Å². The highest BCUT2D eigenvalue weighted by atomic mass is 19.1. The Labute approximate surface area is 202 Å². The second-order valence-electron chi connectivity index (χ2n) is 8.79. The molecular formula is C28H25F2N3O2. The van der Waals surface area contributed by atoms with Gasteiger partial charge in [0.1, 0.15) is 11.5 Å². The Morgan fingerprint density at radius 2 is 1.69 bits per heavy atom. The predicted molar refractivity (Wildman–Crippen MR) is 129 cm³/mol. The minimum absolute atomic E-state index is 0.0787. The Bertz CT molecular complexity index is 1330. The van der Waals surface area contributed by atoms with Gasteiger partial charge in [-0.1, -0.05) is 42.5 Å². The molecule has 3 aromatic carbocycles. The van der Waals surface area contributed by atoms with E-state index in [1.165, 1.54) is 30.3 Å². The summed E-state index contributed by atoms with van der Waals surface area (Å²) in [5.41, 5.74) is 2.61. The second kappa shape index (κ2) is 9.70. The van der Waals surface area contributed by atoms with Crippen LogP contribution in [0.25, 0.3) is 11.3 Å². The van der Waals surface area contributed by atoms with Crippen LogP contribution in [-0.4, -0.2) is 27.1 Å². The molecular weight excluding hydrogens is 448 g/mol. The third-order valence-corrected chi connectivity index (χ3v) is 6.08. The van der Waals surface area contributed by atoms with E-state index >= 15 is 0 Å². The SMILES string of the molecule is Cn1nc(-c2ccccc2)c(CN(CC2CC2)C(=O)c2ccc(F)cc2)c1Oc1ccccc1F. The van der Waals surface area contributed by atoms with E-state index in [1.807, 2.05) is 30.3 Å². The molecule has 0 radical (unpaired) electrons. The standard InChI is InChI=1S/C28H25F2N3O2/c1-32-28(35-25-10-6-5-9-24(25)30)23(26(31-32)20-7-3-2-4-8-20)18-33(17-19-11-12-19)27(34)21-13-15-22(29)16-14-21/h2-10,13-16,19H,11-12,17-18H2,1H3. The molecule has 0 aliphatic heterocycles. The van der Waals surface area contributed by atoms with Gasteiger partial charge < -0.3 is 9.64 Å². The Morgan fingerprint density at radius 1 is 1.00 bits per heavy atom. The van der Waals surface area contributed by atoms with E-state index in [0.29, 0.717) is 35.2 Å². The monoisotopic (exact) mass is 473 g/mol. The maximum absolute atomic E-state index is 14.4. The van der Waals surface area contributed by atoms with Crippen molar-refractivity contribution in [2.45, 2.75) is 19.4 Å². The van der Waals surface area contributed by atoms with Crippen LogP contribution in [0.15, 0.2) is 78.9 Å². The molecule has 0 saturated heterocycles. The van der Waals surface area contributed by atoms with Crippen LogP contribution in [0.2, 0.25) is 0 Å². The summed E-state index contributed by atoms with van der Waals surface area (Å²) in [5, 5.41) is 4.68. The van der Waals surface area contributed by atoms with Crippen molar-refractivity contribution in [3.8, 4) is 22.9 Å². The summed E-state index contributed by atoms with van der Waals surface area (Å²) in [7, 11) is 1.74. The predicted octanol–water partition coefficient (Wildman–Crippen LogP) is 6.21. The lowest BCUT2D eigenvalue weighted by Gasteiger charge is -2.23. The molecule has 0 unspecified atom stereocenters. The first kappa shape index (κ1) is 22.8. The fourth-order valence-corrected chi connectivity index (χ4v) is 4.08. The van der Waals surface area contributed by atoms with Crippen LogP contribution in [0.3, 0.4) is 0 Å². The zero-order chi connectivity index (χ0) is 24.4. The minimum atomic E-state index is -0.488. The lowest BCUT2D eigenvalue weighted by atomic mass is 10.1. The van der Waals surface area contributed by atoms with Gasteiger partial charge in [-0.05, 0) is 55.2 Å². The van der Waals surface area contributed by atoms with Gasteiger partial charge in [-0.3, -0.25) is 4.79 Å². The summed E-state index contributed by atoms with van der Waals surface area (Å²) < 4.78 is 35.5. The van der Waals surface area contributed by atoms with Gasteiger partial charge in [0, 0.05) is 24.7 Å².